The summed E-state index contributed by atoms with van der Waals surface area (Å²) in [5, 5.41) is 3.24. The molecular weight excluding hydrogens is 256 g/mol. The maximum atomic E-state index is 12.0. The zero-order valence-corrected chi connectivity index (χ0v) is 12.2. The molecule has 20 heavy (non-hydrogen) atoms. The minimum Gasteiger partial charge on any atom is -0.383 e. The monoisotopic (exact) mass is 280 g/mol. The van der Waals surface area contributed by atoms with E-state index in [1.165, 1.54) is 4.57 Å². The fourth-order valence-corrected chi connectivity index (χ4v) is 2.81. The van der Waals surface area contributed by atoms with Crippen LogP contribution in [0.25, 0.3) is 0 Å². The minimum absolute atomic E-state index is 0.256. The summed E-state index contributed by atoms with van der Waals surface area (Å²) in [6.45, 7) is 4.75. The molecular formula is C14H24N4O2. The van der Waals surface area contributed by atoms with Gasteiger partial charge >= 0.3 is 5.69 Å². The molecule has 2 unspecified atom stereocenters. The summed E-state index contributed by atoms with van der Waals surface area (Å²) >= 11 is 0. The number of nitrogen functional groups attached to an aromatic ring is 1. The van der Waals surface area contributed by atoms with Gasteiger partial charge in [-0.15, -0.1) is 0 Å². The van der Waals surface area contributed by atoms with Crippen LogP contribution in [0, 0.1) is 5.92 Å². The zero-order chi connectivity index (χ0) is 14.7. The number of hydrogen-bond acceptors (Lipinski definition) is 4. The van der Waals surface area contributed by atoms with Crippen LogP contribution in [0.4, 0.5) is 11.5 Å². The molecule has 1 saturated carbocycles. The molecule has 0 saturated heterocycles. The highest BCUT2D eigenvalue weighted by Gasteiger charge is 2.25. The van der Waals surface area contributed by atoms with E-state index in [0.717, 1.165) is 32.1 Å². The molecule has 1 aliphatic rings. The Morgan fingerprint density at radius 1 is 1.40 bits per heavy atom. The van der Waals surface area contributed by atoms with Crippen LogP contribution in [0.15, 0.2) is 9.59 Å². The van der Waals surface area contributed by atoms with Crippen LogP contribution in [0.1, 0.15) is 46.0 Å². The van der Waals surface area contributed by atoms with Crippen molar-refractivity contribution in [3.8, 4) is 0 Å². The Balaban J connectivity index is 2.32. The molecule has 1 heterocycles. The fraction of sp³-hybridized carbons (Fsp3) is 0.714. The Labute approximate surface area is 118 Å². The molecule has 0 bridgehead atoms. The van der Waals surface area contributed by atoms with E-state index in [0.29, 0.717) is 18.2 Å². The van der Waals surface area contributed by atoms with Gasteiger partial charge in [-0.25, -0.2) is 4.79 Å². The molecule has 6 nitrogen and oxygen atoms in total. The van der Waals surface area contributed by atoms with Gasteiger partial charge in [-0.1, -0.05) is 26.7 Å². The second-order valence-electron chi connectivity index (χ2n) is 5.68. The largest absolute Gasteiger partial charge is 0.383 e. The standard InChI is InChI=1S/C14H24N4O2/c1-3-4-8-18-12(15)11(13(19)17-14(18)20)16-10-7-5-6-9(10)2/h9-10,16H,3-8,15H2,1-2H3,(H,17,19,20). The molecule has 0 aliphatic heterocycles. The first-order valence-electron chi connectivity index (χ1n) is 7.43. The van der Waals surface area contributed by atoms with Gasteiger partial charge in [-0.05, 0) is 25.2 Å². The number of H-pyrrole nitrogens is 1. The third-order valence-corrected chi connectivity index (χ3v) is 4.17. The van der Waals surface area contributed by atoms with Crippen molar-refractivity contribution in [2.24, 2.45) is 5.92 Å². The number of anilines is 2. The summed E-state index contributed by atoms with van der Waals surface area (Å²) in [6, 6.07) is 0.260. The molecule has 2 rings (SSSR count). The van der Waals surface area contributed by atoms with E-state index in [2.05, 4.69) is 17.2 Å². The van der Waals surface area contributed by atoms with E-state index < -0.39 is 11.2 Å². The molecule has 112 valence electrons. The summed E-state index contributed by atoms with van der Waals surface area (Å²) in [5.41, 5.74) is 5.53. The van der Waals surface area contributed by atoms with Gasteiger partial charge < -0.3 is 11.1 Å². The van der Waals surface area contributed by atoms with Gasteiger partial charge in [-0.2, -0.15) is 0 Å². The summed E-state index contributed by atoms with van der Waals surface area (Å²) in [5.74, 6) is 0.774. The first-order chi connectivity index (χ1) is 9.54. The molecule has 4 N–H and O–H groups in total. The van der Waals surface area contributed by atoms with Gasteiger partial charge in [0.05, 0.1) is 0 Å². The van der Waals surface area contributed by atoms with E-state index in [1.807, 2.05) is 6.92 Å². The number of nitrogens with zero attached hydrogens (tertiary/aromatic N) is 1. The van der Waals surface area contributed by atoms with Crippen LogP contribution in [-0.4, -0.2) is 15.6 Å². The summed E-state index contributed by atoms with van der Waals surface area (Å²) in [6.07, 6.45) is 5.17. The van der Waals surface area contributed by atoms with Gasteiger partial charge in [0.1, 0.15) is 11.5 Å². The number of unbranched alkanes of at least 4 members (excludes halogenated alkanes) is 1. The number of nitrogens with one attached hydrogen (secondary N) is 2. The first-order valence-corrected chi connectivity index (χ1v) is 7.43. The Bertz CT molecular complexity index is 576. The van der Waals surface area contributed by atoms with Crippen molar-refractivity contribution < 1.29 is 0 Å². The van der Waals surface area contributed by atoms with Gasteiger partial charge in [0, 0.05) is 12.6 Å². The second-order valence-corrected chi connectivity index (χ2v) is 5.68. The predicted octanol–water partition coefficient (Wildman–Crippen LogP) is 1.52. The number of aromatic amines is 1. The zero-order valence-electron chi connectivity index (χ0n) is 12.2. The molecule has 0 aromatic carbocycles. The molecule has 6 heteroatoms. The molecule has 0 radical (unpaired) electrons. The van der Waals surface area contributed by atoms with Crippen LogP contribution in [0.2, 0.25) is 0 Å². The fourth-order valence-electron chi connectivity index (χ4n) is 2.81. The average Bonchev–Trinajstić information content (AvgIpc) is 2.80. The lowest BCUT2D eigenvalue weighted by atomic mass is 10.1. The smallest absolute Gasteiger partial charge is 0.330 e. The highest BCUT2D eigenvalue weighted by atomic mass is 16.2. The second kappa shape index (κ2) is 6.15. The van der Waals surface area contributed by atoms with Gasteiger partial charge in [0.25, 0.3) is 5.56 Å². The lowest BCUT2D eigenvalue weighted by Crippen LogP contribution is -2.36. The van der Waals surface area contributed by atoms with E-state index in [9.17, 15) is 9.59 Å². The highest BCUT2D eigenvalue weighted by molar-refractivity contribution is 5.61. The van der Waals surface area contributed by atoms with E-state index in [4.69, 9.17) is 5.73 Å². The van der Waals surface area contributed by atoms with Crippen molar-refractivity contribution in [3.05, 3.63) is 20.8 Å². The lowest BCUT2D eigenvalue weighted by molar-refractivity contribution is 0.553. The first kappa shape index (κ1) is 14.7. The van der Waals surface area contributed by atoms with E-state index in [1.54, 1.807) is 0 Å². The predicted molar refractivity (Wildman–Crippen MR) is 81.1 cm³/mol. The minimum atomic E-state index is -0.425. The van der Waals surface area contributed by atoms with Gasteiger partial charge in [-0.3, -0.25) is 14.3 Å². The molecule has 1 fully saturated rings. The molecule has 1 aromatic heterocycles. The van der Waals surface area contributed by atoms with Crippen molar-refractivity contribution in [1.82, 2.24) is 9.55 Å². The molecule has 1 aliphatic carbocycles. The van der Waals surface area contributed by atoms with E-state index in [-0.39, 0.29) is 11.9 Å². The van der Waals surface area contributed by atoms with Gasteiger partial charge in [0.15, 0.2) is 0 Å². The maximum absolute atomic E-state index is 12.0. The van der Waals surface area contributed by atoms with Crippen molar-refractivity contribution in [2.45, 2.75) is 58.5 Å². The molecule has 1 aromatic rings. The Morgan fingerprint density at radius 3 is 2.75 bits per heavy atom. The van der Waals surface area contributed by atoms with Crippen molar-refractivity contribution in [2.75, 3.05) is 11.1 Å². The van der Waals surface area contributed by atoms with Crippen LogP contribution >= 0.6 is 0 Å². The Kier molecular flexibility index (Phi) is 4.52. The molecule has 2 atom stereocenters. The summed E-state index contributed by atoms with van der Waals surface area (Å²) in [7, 11) is 0. The normalized spacial score (nSPS) is 22.1. The third kappa shape index (κ3) is 2.89. The Morgan fingerprint density at radius 2 is 2.15 bits per heavy atom. The third-order valence-electron chi connectivity index (χ3n) is 4.17. The summed E-state index contributed by atoms with van der Waals surface area (Å²) in [4.78, 5) is 26.1. The maximum Gasteiger partial charge on any atom is 0.330 e. The van der Waals surface area contributed by atoms with Crippen LogP contribution in [0.3, 0.4) is 0 Å². The summed E-state index contributed by atoms with van der Waals surface area (Å²) < 4.78 is 1.45. The quantitative estimate of drug-likeness (QED) is 0.762. The topological polar surface area (TPSA) is 92.9 Å². The van der Waals surface area contributed by atoms with Crippen LogP contribution in [-0.2, 0) is 6.54 Å². The SMILES string of the molecule is CCCCn1c(N)c(NC2CCCC2C)c(=O)[nH]c1=O. The van der Waals surface area contributed by atoms with Gasteiger partial charge in [0.2, 0.25) is 0 Å². The van der Waals surface area contributed by atoms with E-state index >= 15 is 0 Å². The molecule has 0 spiro atoms. The van der Waals surface area contributed by atoms with Crippen molar-refractivity contribution >= 4 is 11.5 Å². The van der Waals surface area contributed by atoms with Crippen LogP contribution in [0.5, 0.6) is 0 Å². The number of rotatable bonds is 5. The highest BCUT2D eigenvalue weighted by Crippen LogP contribution is 2.28. The lowest BCUT2D eigenvalue weighted by Gasteiger charge is -2.20. The Hall–Kier alpha value is -1.72. The van der Waals surface area contributed by atoms with Crippen molar-refractivity contribution in [1.29, 1.82) is 0 Å². The number of hydrogen-bond donors (Lipinski definition) is 3. The number of nitrogens with two attached hydrogens (primary N) is 1. The molecule has 0 amide bonds. The van der Waals surface area contributed by atoms with Crippen LogP contribution < -0.4 is 22.3 Å². The average molecular weight is 280 g/mol. The van der Waals surface area contributed by atoms with Crippen molar-refractivity contribution in [3.63, 3.8) is 0 Å². The number of aromatic nitrogens is 2.